The average Bonchev–Trinajstić information content (AvgIpc) is 2.78. The van der Waals surface area contributed by atoms with Crippen LogP contribution in [0.25, 0.3) is 17.2 Å². The Morgan fingerprint density at radius 1 is 1.07 bits per heavy atom. The fourth-order valence-corrected chi connectivity index (χ4v) is 3.10. The van der Waals surface area contributed by atoms with Crippen molar-refractivity contribution in [3.8, 4) is 16.9 Å². The summed E-state index contributed by atoms with van der Waals surface area (Å²) in [4.78, 5) is 28.8. The van der Waals surface area contributed by atoms with Crippen LogP contribution in [0.5, 0.6) is 5.75 Å². The molecule has 4 rings (SSSR count). The quantitative estimate of drug-likeness (QED) is 0.687. The Bertz CT molecular complexity index is 1110. The first kappa shape index (κ1) is 18.4. The predicted molar refractivity (Wildman–Crippen MR) is 110 cm³/mol. The van der Waals surface area contributed by atoms with Gasteiger partial charge in [-0.2, -0.15) is 0 Å². The number of hydrogen-bond donors (Lipinski definition) is 1. The van der Waals surface area contributed by atoms with Crippen LogP contribution in [0.15, 0.2) is 72.6 Å². The van der Waals surface area contributed by atoms with E-state index in [0.717, 1.165) is 16.7 Å². The highest BCUT2D eigenvalue weighted by Gasteiger charge is 2.20. The van der Waals surface area contributed by atoms with Gasteiger partial charge in [-0.1, -0.05) is 24.3 Å². The number of ether oxygens (including phenoxy) is 2. The molecule has 0 atom stereocenters. The van der Waals surface area contributed by atoms with Gasteiger partial charge >= 0.3 is 5.97 Å². The topological polar surface area (TPSA) is 77.5 Å². The van der Waals surface area contributed by atoms with E-state index in [9.17, 15) is 9.59 Å². The minimum absolute atomic E-state index is 0.144. The van der Waals surface area contributed by atoms with Crippen molar-refractivity contribution >= 4 is 23.6 Å². The summed E-state index contributed by atoms with van der Waals surface area (Å²) >= 11 is 0. The molecule has 29 heavy (non-hydrogen) atoms. The second-order valence-electron chi connectivity index (χ2n) is 6.44. The van der Waals surface area contributed by atoms with Crippen molar-refractivity contribution in [3.05, 3.63) is 83.7 Å². The summed E-state index contributed by atoms with van der Waals surface area (Å²) in [7, 11) is 1.30. The Kier molecular flexibility index (Phi) is 5.07. The SMILES string of the molecule is COC(=O)c1ccccc1NC(=O)C1=Cc2cc(-c3cccnc3)ccc2OC1. The fourth-order valence-electron chi connectivity index (χ4n) is 3.10. The molecule has 1 aromatic heterocycles. The minimum Gasteiger partial charge on any atom is -0.488 e. The average molecular weight is 386 g/mol. The zero-order valence-electron chi connectivity index (χ0n) is 15.7. The molecule has 1 aliphatic heterocycles. The van der Waals surface area contributed by atoms with Gasteiger partial charge in [-0.25, -0.2) is 4.79 Å². The van der Waals surface area contributed by atoms with Gasteiger partial charge in [0.05, 0.1) is 23.9 Å². The van der Waals surface area contributed by atoms with E-state index >= 15 is 0 Å². The van der Waals surface area contributed by atoms with Crippen LogP contribution in [0.3, 0.4) is 0 Å². The van der Waals surface area contributed by atoms with Gasteiger partial charge in [-0.15, -0.1) is 0 Å². The van der Waals surface area contributed by atoms with Gasteiger partial charge in [0.1, 0.15) is 12.4 Å². The van der Waals surface area contributed by atoms with Crippen LogP contribution in [-0.2, 0) is 9.53 Å². The maximum Gasteiger partial charge on any atom is 0.339 e. The molecule has 0 aliphatic carbocycles. The molecule has 0 saturated heterocycles. The van der Waals surface area contributed by atoms with Gasteiger partial charge in [-0.05, 0) is 42.0 Å². The van der Waals surface area contributed by atoms with Gasteiger partial charge in [0.25, 0.3) is 5.91 Å². The van der Waals surface area contributed by atoms with Gasteiger partial charge in [0.15, 0.2) is 0 Å². The monoisotopic (exact) mass is 386 g/mol. The second-order valence-corrected chi connectivity index (χ2v) is 6.44. The van der Waals surface area contributed by atoms with E-state index in [-0.39, 0.29) is 12.5 Å². The molecule has 0 spiro atoms. The van der Waals surface area contributed by atoms with Crippen LogP contribution in [0, 0.1) is 0 Å². The summed E-state index contributed by atoms with van der Waals surface area (Å²) in [5.74, 6) is -0.135. The number of hydrogen-bond acceptors (Lipinski definition) is 5. The van der Waals surface area contributed by atoms with Crippen molar-refractivity contribution in [1.82, 2.24) is 4.98 Å². The van der Waals surface area contributed by atoms with Crippen molar-refractivity contribution in [2.45, 2.75) is 0 Å². The number of carbonyl (C=O) groups excluding carboxylic acids is 2. The first-order chi connectivity index (χ1) is 14.2. The number of methoxy groups -OCH3 is 1. The van der Waals surface area contributed by atoms with Crippen molar-refractivity contribution in [3.63, 3.8) is 0 Å². The molecule has 0 bridgehead atoms. The van der Waals surface area contributed by atoms with E-state index in [1.807, 2.05) is 30.3 Å². The van der Waals surface area contributed by atoms with Crippen LogP contribution in [0.2, 0.25) is 0 Å². The standard InChI is InChI=1S/C23H18N2O4/c1-28-23(27)19-6-2-3-7-20(19)25-22(26)18-12-17-11-15(8-9-21(17)29-14-18)16-5-4-10-24-13-16/h2-13H,14H2,1H3,(H,25,26). The number of pyridine rings is 1. The van der Waals surface area contributed by atoms with E-state index in [2.05, 4.69) is 10.3 Å². The Morgan fingerprint density at radius 2 is 1.93 bits per heavy atom. The minimum atomic E-state index is -0.513. The molecule has 144 valence electrons. The van der Waals surface area contributed by atoms with Gasteiger partial charge in [-0.3, -0.25) is 9.78 Å². The lowest BCUT2D eigenvalue weighted by Gasteiger charge is -2.19. The summed E-state index contributed by atoms with van der Waals surface area (Å²) in [6, 6.07) is 16.4. The molecule has 0 unspecified atom stereocenters. The Balaban J connectivity index is 1.61. The molecule has 3 aromatic rings. The maximum atomic E-state index is 12.8. The number of esters is 1. The zero-order chi connectivity index (χ0) is 20.2. The smallest absolute Gasteiger partial charge is 0.339 e. The molecule has 2 heterocycles. The third kappa shape index (κ3) is 3.87. The largest absolute Gasteiger partial charge is 0.488 e. The lowest BCUT2D eigenvalue weighted by Crippen LogP contribution is -2.22. The number of fused-ring (bicyclic) bond motifs is 1. The van der Waals surface area contributed by atoms with Crippen molar-refractivity contribution < 1.29 is 19.1 Å². The molecule has 6 nitrogen and oxygen atoms in total. The molecule has 1 aliphatic rings. The van der Waals surface area contributed by atoms with E-state index in [1.165, 1.54) is 7.11 Å². The Labute approximate surface area is 167 Å². The van der Waals surface area contributed by atoms with E-state index in [4.69, 9.17) is 9.47 Å². The summed E-state index contributed by atoms with van der Waals surface area (Å²) in [5, 5.41) is 2.77. The highest BCUT2D eigenvalue weighted by molar-refractivity contribution is 6.10. The Hall–Kier alpha value is -3.93. The molecule has 0 fully saturated rings. The van der Waals surface area contributed by atoms with Crippen molar-refractivity contribution in [2.24, 2.45) is 0 Å². The number of nitrogens with one attached hydrogen (secondary N) is 1. The molecular weight excluding hydrogens is 368 g/mol. The van der Waals surface area contributed by atoms with Crippen LogP contribution < -0.4 is 10.1 Å². The molecule has 2 aromatic carbocycles. The number of nitrogens with zero attached hydrogens (tertiary/aromatic N) is 1. The van der Waals surface area contributed by atoms with Crippen LogP contribution in [-0.4, -0.2) is 30.6 Å². The lowest BCUT2D eigenvalue weighted by atomic mass is 10.0. The van der Waals surface area contributed by atoms with Gasteiger partial charge < -0.3 is 14.8 Å². The molecule has 6 heteroatoms. The zero-order valence-corrected chi connectivity index (χ0v) is 15.7. The van der Waals surface area contributed by atoms with Crippen LogP contribution >= 0.6 is 0 Å². The van der Waals surface area contributed by atoms with Crippen LogP contribution in [0.1, 0.15) is 15.9 Å². The fraction of sp³-hybridized carbons (Fsp3) is 0.0870. The van der Waals surface area contributed by atoms with E-state index in [1.54, 1.807) is 42.7 Å². The molecule has 1 N–H and O–H groups in total. The maximum absolute atomic E-state index is 12.8. The normalized spacial score (nSPS) is 12.2. The van der Waals surface area contributed by atoms with Gasteiger partial charge in [0.2, 0.25) is 0 Å². The molecular formula is C23H18N2O4. The van der Waals surface area contributed by atoms with E-state index in [0.29, 0.717) is 22.6 Å². The lowest BCUT2D eigenvalue weighted by molar-refractivity contribution is -0.113. The summed E-state index contributed by atoms with van der Waals surface area (Å²) in [6.07, 6.45) is 5.31. The molecule has 1 amide bonds. The van der Waals surface area contributed by atoms with Crippen molar-refractivity contribution in [2.75, 3.05) is 19.0 Å². The number of aromatic nitrogens is 1. The third-order valence-electron chi connectivity index (χ3n) is 4.59. The second kappa shape index (κ2) is 7.98. The first-order valence-corrected chi connectivity index (χ1v) is 9.02. The highest BCUT2D eigenvalue weighted by Crippen LogP contribution is 2.31. The number of rotatable bonds is 4. The summed E-state index contributed by atoms with van der Waals surface area (Å²) in [6.45, 7) is 0.144. The third-order valence-corrected chi connectivity index (χ3v) is 4.59. The number of amides is 1. The number of anilines is 1. The number of para-hydroxylation sites is 1. The summed E-state index contributed by atoms with van der Waals surface area (Å²) in [5.41, 5.74) is 3.91. The van der Waals surface area contributed by atoms with Crippen LogP contribution in [0.4, 0.5) is 5.69 Å². The molecule has 0 radical (unpaired) electrons. The van der Waals surface area contributed by atoms with Gasteiger partial charge in [0, 0.05) is 23.5 Å². The molecule has 0 saturated carbocycles. The number of carbonyl (C=O) groups is 2. The summed E-state index contributed by atoms with van der Waals surface area (Å²) < 4.78 is 10.5. The number of benzene rings is 2. The highest BCUT2D eigenvalue weighted by atomic mass is 16.5. The van der Waals surface area contributed by atoms with Crippen molar-refractivity contribution in [1.29, 1.82) is 0 Å². The predicted octanol–water partition coefficient (Wildman–Crippen LogP) is 3.95. The first-order valence-electron chi connectivity index (χ1n) is 9.02. The Morgan fingerprint density at radius 3 is 2.72 bits per heavy atom. The van der Waals surface area contributed by atoms with E-state index < -0.39 is 5.97 Å².